The van der Waals surface area contributed by atoms with Gasteiger partial charge in [-0.1, -0.05) is 0 Å². The van der Waals surface area contributed by atoms with Crippen LogP contribution in [-0.2, 0) is 37.3 Å². The first kappa shape index (κ1) is 44.4. The molecule has 0 N–H and O–H groups in total. The standard InChI is InChI=1S/C15H35N7.2CHF3O3S.Fe/c1-18(2)14(19(3)4)16-10-12-22(9)13-11-17-15(20(5)6)21(7)8;2*2-1(3,4)8(5,6)7;/h10-13H2,1-9H3;2*(H,5,6,7);/q;;;+3/p-2. The van der Waals surface area contributed by atoms with Crippen LogP contribution in [0, 0.1) is 0 Å². The molecule has 0 saturated carbocycles. The van der Waals surface area contributed by atoms with Crippen LogP contribution in [0.15, 0.2) is 9.98 Å². The molecule has 13 nitrogen and oxygen atoms in total. The predicted molar refractivity (Wildman–Crippen MR) is 128 cm³/mol. The van der Waals surface area contributed by atoms with Gasteiger partial charge in [-0.25, -0.2) is 16.8 Å². The van der Waals surface area contributed by atoms with Crippen LogP contribution in [0.5, 0.6) is 0 Å². The molecule has 235 valence electrons. The van der Waals surface area contributed by atoms with Crippen LogP contribution in [0.4, 0.5) is 26.3 Å². The third-order valence-electron chi connectivity index (χ3n) is 3.64. The zero-order valence-electron chi connectivity index (χ0n) is 22.8. The van der Waals surface area contributed by atoms with Gasteiger partial charge in [-0.3, -0.25) is 9.98 Å². The number of aliphatic imine (C=N–C) groups is 2. The van der Waals surface area contributed by atoms with E-state index in [4.69, 9.17) is 25.9 Å². The van der Waals surface area contributed by atoms with Gasteiger partial charge >= 0.3 is 28.1 Å². The molecule has 0 heterocycles. The molecule has 0 aromatic rings. The van der Waals surface area contributed by atoms with Crippen LogP contribution in [-0.4, -0.2) is 163 Å². The number of hydrogen-bond donors (Lipinski definition) is 0. The molecule has 0 aliphatic heterocycles. The van der Waals surface area contributed by atoms with Crippen molar-refractivity contribution in [2.45, 2.75) is 11.0 Å². The van der Waals surface area contributed by atoms with Crippen LogP contribution in [0.1, 0.15) is 0 Å². The Balaban J connectivity index is -0.000000295. The van der Waals surface area contributed by atoms with E-state index in [1.807, 2.05) is 76.0 Å². The number of halogens is 6. The summed E-state index contributed by atoms with van der Waals surface area (Å²) in [7, 11) is 6.05. The van der Waals surface area contributed by atoms with E-state index in [1.54, 1.807) is 0 Å². The summed E-state index contributed by atoms with van der Waals surface area (Å²) < 4.78 is 118. The Morgan fingerprint density at radius 2 is 0.769 bits per heavy atom. The molecule has 0 aromatic carbocycles. The van der Waals surface area contributed by atoms with Gasteiger partial charge in [-0.2, -0.15) is 26.3 Å². The van der Waals surface area contributed by atoms with Crippen molar-refractivity contribution in [3.05, 3.63) is 0 Å². The third kappa shape index (κ3) is 21.9. The second-order valence-electron chi connectivity index (χ2n) is 8.04. The first-order chi connectivity index (χ1) is 16.7. The molecular weight excluding hydrogens is 632 g/mol. The van der Waals surface area contributed by atoms with Gasteiger partial charge in [-0.05, 0) is 7.05 Å². The van der Waals surface area contributed by atoms with E-state index in [1.165, 1.54) is 0 Å². The summed E-state index contributed by atoms with van der Waals surface area (Å²) in [4.78, 5) is 19.7. The van der Waals surface area contributed by atoms with Crippen LogP contribution in [0.2, 0.25) is 0 Å². The van der Waals surface area contributed by atoms with Crippen molar-refractivity contribution in [3.63, 3.8) is 0 Å². The Hall–Kier alpha value is -1.58. The van der Waals surface area contributed by atoms with Gasteiger partial charge in [-0.15, -0.1) is 0 Å². The van der Waals surface area contributed by atoms with Gasteiger partial charge in [0.15, 0.2) is 32.2 Å². The first-order valence-electron chi connectivity index (χ1n) is 10.2. The number of likely N-dealkylation sites (N-methyl/N-ethyl adjacent to an activating group) is 1. The number of alkyl halides is 6. The first-order valence-corrected chi connectivity index (χ1v) is 13.0. The molecule has 22 heteroatoms. The molecule has 0 aliphatic carbocycles. The predicted octanol–water partition coefficient (Wildman–Crippen LogP) is -0.0231. The average Bonchev–Trinajstić information content (AvgIpc) is 2.65. The molecule has 0 saturated heterocycles. The molecule has 39 heavy (non-hydrogen) atoms. The van der Waals surface area contributed by atoms with E-state index in [-0.39, 0.29) is 17.1 Å². The van der Waals surface area contributed by atoms with Crippen LogP contribution >= 0.6 is 0 Å². The summed E-state index contributed by atoms with van der Waals surface area (Å²) in [6.45, 7) is 3.44. The molecular formula is C17H35F6FeN7O6S2+. The maximum Gasteiger partial charge on any atom is 3.00 e. The Kier molecular flexibility index (Phi) is 21.3. The van der Waals surface area contributed by atoms with Crippen molar-refractivity contribution in [2.75, 3.05) is 89.6 Å². The van der Waals surface area contributed by atoms with Gasteiger partial charge in [0.1, 0.15) is 0 Å². The Bertz CT molecular complexity index is 862. The van der Waals surface area contributed by atoms with Gasteiger partial charge in [0.25, 0.3) is 0 Å². The maximum atomic E-state index is 10.7. The van der Waals surface area contributed by atoms with Crippen LogP contribution in [0.25, 0.3) is 0 Å². The quantitative estimate of drug-likeness (QED) is 0.0938. The number of guanidine groups is 2. The Labute approximate surface area is 236 Å². The average molecular weight is 667 g/mol. The van der Waals surface area contributed by atoms with E-state index in [0.717, 1.165) is 38.1 Å². The fourth-order valence-electron chi connectivity index (χ4n) is 2.12. The number of rotatable bonds is 6. The number of hydrogen-bond acceptors (Lipinski definition) is 9. The molecule has 1 radical (unpaired) electrons. The van der Waals surface area contributed by atoms with Gasteiger partial charge in [0.05, 0.1) is 13.1 Å². The molecule has 0 aliphatic rings. The molecule has 0 atom stereocenters. The molecule has 0 fully saturated rings. The van der Waals surface area contributed by atoms with Gasteiger partial charge in [0, 0.05) is 69.5 Å². The van der Waals surface area contributed by atoms with Crippen molar-refractivity contribution in [3.8, 4) is 0 Å². The second-order valence-corrected chi connectivity index (χ2v) is 10.8. The SMILES string of the molecule is CN(CCN=C(N(C)C)N(C)C)CCN=C(N(C)C)N(C)C.O=S(=O)([O-])C(F)(F)F.O=S(=O)([O-])C(F)(F)F.[Fe+3]. The summed E-state index contributed by atoms with van der Waals surface area (Å²) in [6.07, 6.45) is 0. The van der Waals surface area contributed by atoms with E-state index in [9.17, 15) is 26.3 Å². The Morgan fingerprint density at radius 3 is 0.897 bits per heavy atom. The summed E-state index contributed by atoms with van der Waals surface area (Å²) in [6, 6.07) is 0. The minimum atomic E-state index is -6.09. The molecule has 0 amide bonds. The number of nitrogens with zero attached hydrogens (tertiary/aromatic N) is 7. The van der Waals surface area contributed by atoms with E-state index >= 15 is 0 Å². The largest absolute Gasteiger partial charge is 3.00 e. The monoisotopic (exact) mass is 667 g/mol. The fourth-order valence-corrected chi connectivity index (χ4v) is 2.12. The van der Waals surface area contributed by atoms with Crippen molar-refractivity contribution in [2.24, 2.45) is 9.98 Å². The second kappa shape index (κ2) is 18.7. The molecule has 0 aromatic heterocycles. The van der Waals surface area contributed by atoms with E-state index in [0.29, 0.717) is 0 Å². The normalized spacial score (nSPS) is 11.5. The zero-order valence-corrected chi connectivity index (χ0v) is 25.6. The zero-order chi connectivity index (χ0) is 31.3. The summed E-state index contributed by atoms with van der Waals surface area (Å²) in [5, 5.41) is 0. The topological polar surface area (TPSA) is 155 Å². The minimum Gasteiger partial charge on any atom is -0.741 e. The summed E-state index contributed by atoms with van der Waals surface area (Å²) in [5.74, 6) is 1.99. The van der Waals surface area contributed by atoms with Gasteiger partial charge < -0.3 is 33.6 Å². The molecule has 0 spiro atoms. The molecule has 0 rings (SSSR count). The summed E-state index contributed by atoms with van der Waals surface area (Å²) in [5.41, 5.74) is -11.3. The van der Waals surface area contributed by atoms with Crippen molar-refractivity contribution < 1.29 is 69.4 Å². The minimum absolute atomic E-state index is 0. The smallest absolute Gasteiger partial charge is 0.741 e. The third-order valence-corrected chi connectivity index (χ3v) is 4.77. The summed E-state index contributed by atoms with van der Waals surface area (Å²) >= 11 is 0. The van der Waals surface area contributed by atoms with Crippen molar-refractivity contribution in [1.29, 1.82) is 0 Å². The van der Waals surface area contributed by atoms with E-state index < -0.39 is 31.3 Å². The van der Waals surface area contributed by atoms with Crippen molar-refractivity contribution in [1.82, 2.24) is 24.5 Å². The van der Waals surface area contributed by atoms with Crippen molar-refractivity contribution >= 4 is 32.2 Å². The molecule has 0 unspecified atom stereocenters. The fraction of sp³-hybridized carbons (Fsp3) is 0.882. The maximum absolute atomic E-state index is 10.7. The molecule has 0 bridgehead atoms. The van der Waals surface area contributed by atoms with E-state index in [2.05, 4.69) is 21.9 Å². The van der Waals surface area contributed by atoms with Crippen LogP contribution in [0.3, 0.4) is 0 Å². The van der Waals surface area contributed by atoms with Gasteiger partial charge in [0.2, 0.25) is 0 Å². The van der Waals surface area contributed by atoms with Crippen LogP contribution < -0.4 is 0 Å². The Morgan fingerprint density at radius 1 is 0.590 bits per heavy atom.